The number of hydrogen-bond donors (Lipinski definition) is 1. The Morgan fingerprint density at radius 2 is 1.96 bits per heavy atom. The molecule has 1 rings (SSSR count). The van der Waals surface area contributed by atoms with Gasteiger partial charge >= 0.3 is 12.1 Å². The lowest BCUT2D eigenvalue weighted by molar-refractivity contribution is -0.491. The van der Waals surface area contributed by atoms with Crippen LogP contribution in [0.25, 0.3) is 0 Å². The first-order valence-electron chi connectivity index (χ1n) is 7.86. The predicted molar refractivity (Wildman–Crippen MR) is 82.6 cm³/mol. The lowest BCUT2D eigenvalue weighted by Crippen LogP contribution is -2.61. The van der Waals surface area contributed by atoms with Gasteiger partial charge in [0.2, 0.25) is 6.54 Å². The average molecular weight is 330 g/mol. The molecule has 0 saturated heterocycles. The Bertz CT molecular complexity index is 453. The van der Waals surface area contributed by atoms with E-state index in [9.17, 15) is 19.7 Å². The molecule has 1 aliphatic rings. The normalized spacial score (nSPS) is 17.6. The summed E-state index contributed by atoms with van der Waals surface area (Å²) in [6, 6.07) is 0. The highest BCUT2D eigenvalue weighted by atomic mass is 16.6. The fourth-order valence-corrected chi connectivity index (χ4v) is 2.74. The van der Waals surface area contributed by atoms with Crippen LogP contribution in [0.5, 0.6) is 0 Å². The molecule has 8 heteroatoms. The Morgan fingerprint density at radius 3 is 2.35 bits per heavy atom. The zero-order valence-corrected chi connectivity index (χ0v) is 14.2. The molecule has 1 N–H and O–H groups in total. The molecule has 0 aromatic carbocycles. The SMILES string of the molecule is CCOC(=O)CC(C[N+](=O)[O-])C1(NC(=O)OC(C)(C)C)CCC1. The van der Waals surface area contributed by atoms with Gasteiger partial charge in [0, 0.05) is 4.92 Å². The molecule has 0 radical (unpaired) electrons. The third kappa shape index (κ3) is 6.03. The van der Waals surface area contributed by atoms with Crippen molar-refractivity contribution >= 4 is 12.1 Å². The van der Waals surface area contributed by atoms with Crippen LogP contribution in [0.1, 0.15) is 53.4 Å². The molecule has 1 saturated carbocycles. The summed E-state index contributed by atoms with van der Waals surface area (Å²) in [6.07, 6.45) is 1.31. The van der Waals surface area contributed by atoms with E-state index in [-0.39, 0.29) is 13.0 Å². The zero-order valence-electron chi connectivity index (χ0n) is 14.2. The molecule has 1 amide bonds. The number of nitro groups is 1. The van der Waals surface area contributed by atoms with Crippen molar-refractivity contribution in [2.75, 3.05) is 13.2 Å². The van der Waals surface area contributed by atoms with E-state index in [2.05, 4.69) is 5.32 Å². The maximum Gasteiger partial charge on any atom is 0.408 e. The predicted octanol–water partition coefficient (Wildman–Crippen LogP) is 2.28. The maximum atomic E-state index is 12.0. The van der Waals surface area contributed by atoms with Gasteiger partial charge in [-0.15, -0.1) is 0 Å². The van der Waals surface area contributed by atoms with Crippen LogP contribution < -0.4 is 5.32 Å². The van der Waals surface area contributed by atoms with Crippen molar-refractivity contribution in [3.8, 4) is 0 Å². The molecule has 0 spiro atoms. The molecule has 0 aromatic heterocycles. The van der Waals surface area contributed by atoms with Crippen LogP contribution in [0.15, 0.2) is 0 Å². The quantitative estimate of drug-likeness (QED) is 0.436. The van der Waals surface area contributed by atoms with Gasteiger partial charge in [-0.1, -0.05) is 0 Å². The summed E-state index contributed by atoms with van der Waals surface area (Å²) in [4.78, 5) is 34.3. The zero-order chi connectivity index (χ0) is 17.7. The Hall–Kier alpha value is -1.86. The second-order valence-electron chi connectivity index (χ2n) is 6.86. The molecule has 0 heterocycles. The van der Waals surface area contributed by atoms with Gasteiger partial charge in [0.15, 0.2) is 0 Å². The van der Waals surface area contributed by atoms with Gasteiger partial charge in [0.1, 0.15) is 5.60 Å². The number of rotatable bonds is 7. The van der Waals surface area contributed by atoms with E-state index in [1.54, 1.807) is 27.7 Å². The van der Waals surface area contributed by atoms with Gasteiger partial charge in [0.05, 0.1) is 24.5 Å². The molecule has 1 atom stereocenters. The third-order valence-corrected chi connectivity index (χ3v) is 3.86. The number of carbonyl (C=O) groups is 2. The van der Waals surface area contributed by atoms with Gasteiger partial charge in [-0.3, -0.25) is 14.9 Å². The van der Waals surface area contributed by atoms with Crippen molar-refractivity contribution in [3.05, 3.63) is 10.1 Å². The largest absolute Gasteiger partial charge is 0.466 e. The number of nitrogens with zero attached hydrogens (tertiary/aromatic N) is 1. The molecule has 0 aromatic rings. The van der Waals surface area contributed by atoms with Crippen molar-refractivity contribution in [2.24, 2.45) is 5.92 Å². The van der Waals surface area contributed by atoms with E-state index in [0.29, 0.717) is 12.8 Å². The lowest BCUT2D eigenvalue weighted by atomic mass is 9.67. The summed E-state index contributed by atoms with van der Waals surface area (Å²) >= 11 is 0. The van der Waals surface area contributed by atoms with Crippen LogP contribution in [-0.4, -0.2) is 41.3 Å². The van der Waals surface area contributed by atoms with Crippen LogP contribution in [-0.2, 0) is 14.3 Å². The summed E-state index contributed by atoms with van der Waals surface area (Å²) in [5.41, 5.74) is -1.43. The number of esters is 1. The molecular formula is C15H26N2O6. The van der Waals surface area contributed by atoms with Crippen molar-refractivity contribution in [2.45, 2.75) is 64.5 Å². The highest BCUT2D eigenvalue weighted by molar-refractivity contribution is 5.71. The fourth-order valence-electron chi connectivity index (χ4n) is 2.74. The van der Waals surface area contributed by atoms with Crippen molar-refractivity contribution < 1.29 is 24.0 Å². The van der Waals surface area contributed by atoms with E-state index >= 15 is 0 Å². The van der Waals surface area contributed by atoms with E-state index < -0.39 is 40.6 Å². The Balaban J connectivity index is 2.83. The summed E-state index contributed by atoms with van der Waals surface area (Å²) < 4.78 is 10.1. The van der Waals surface area contributed by atoms with E-state index in [0.717, 1.165) is 6.42 Å². The number of alkyl carbamates (subject to hydrolysis) is 1. The molecule has 0 aliphatic heterocycles. The number of hydrogen-bond acceptors (Lipinski definition) is 6. The number of ether oxygens (including phenoxy) is 2. The summed E-state index contributed by atoms with van der Waals surface area (Å²) in [5.74, 6) is -1.10. The molecular weight excluding hydrogens is 304 g/mol. The van der Waals surface area contributed by atoms with Crippen molar-refractivity contribution in [1.29, 1.82) is 0 Å². The summed E-state index contributed by atoms with van der Waals surface area (Å²) in [6.45, 7) is 6.73. The first-order valence-corrected chi connectivity index (χ1v) is 7.86. The fraction of sp³-hybridized carbons (Fsp3) is 0.867. The maximum absolute atomic E-state index is 12.0. The second kappa shape index (κ2) is 7.61. The number of amides is 1. The van der Waals surface area contributed by atoms with Crippen LogP contribution in [0, 0.1) is 16.0 Å². The first-order chi connectivity index (χ1) is 10.6. The minimum Gasteiger partial charge on any atom is -0.466 e. The molecule has 0 bridgehead atoms. The van der Waals surface area contributed by atoms with Gasteiger partial charge < -0.3 is 14.8 Å². The monoisotopic (exact) mass is 330 g/mol. The molecule has 8 nitrogen and oxygen atoms in total. The van der Waals surface area contributed by atoms with Gasteiger partial charge in [0.25, 0.3) is 0 Å². The topological polar surface area (TPSA) is 108 Å². The third-order valence-electron chi connectivity index (χ3n) is 3.86. The average Bonchev–Trinajstić information content (AvgIpc) is 2.30. The number of carbonyl (C=O) groups excluding carboxylic acids is 2. The van der Waals surface area contributed by atoms with Crippen LogP contribution >= 0.6 is 0 Å². The summed E-state index contributed by atoms with van der Waals surface area (Å²) in [5, 5.41) is 13.7. The Morgan fingerprint density at radius 1 is 1.35 bits per heavy atom. The van der Waals surface area contributed by atoms with E-state index in [4.69, 9.17) is 9.47 Å². The van der Waals surface area contributed by atoms with E-state index in [1.165, 1.54) is 0 Å². The minimum absolute atomic E-state index is 0.0926. The Kier molecular flexibility index (Phi) is 6.35. The first kappa shape index (κ1) is 19.2. The van der Waals surface area contributed by atoms with E-state index in [1.807, 2.05) is 0 Å². The highest BCUT2D eigenvalue weighted by Crippen LogP contribution is 2.40. The summed E-state index contributed by atoms with van der Waals surface area (Å²) in [7, 11) is 0. The van der Waals surface area contributed by atoms with Crippen LogP contribution in [0.2, 0.25) is 0 Å². The lowest BCUT2D eigenvalue weighted by Gasteiger charge is -2.46. The van der Waals surface area contributed by atoms with Crippen LogP contribution in [0.3, 0.4) is 0 Å². The molecule has 1 unspecified atom stereocenters. The standard InChI is InChI=1S/C15H26N2O6/c1-5-22-12(18)9-11(10-17(20)21)15(7-6-8-15)16-13(19)23-14(2,3)4/h11H,5-10H2,1-4H3,(H,16,19). The Labute approximate surface area is 136 Å². The van der Waals surface area contributed by atoms with Crippen molar-refractivity contribution in [1.82, 2.24) is 5.32 Å². The molecule has 23 heavy (non-hydrogen) atoms. The molecule has 1 aliphatic carbocycles. The number of nitrogens with one attached hydrogen (secondary N) is 1. The van der Waals surface area contributed by atoms with Gasteiger partial charge in [-0.2, -0.15) is 0 Å². The van der Waals surface area contributed by atoms with Crippen LogP contribution in [0.4, 0.5) is 4.79 Å². The van der Waals surface area contributed by atoms with Gasteiger partial charge in [-0.25, -0.2) is 4.79 Å². The highest BCUT2D eigenvalue weighted by Gasteiger charge is 2.49. The smallest absolute Gasteiger partial charge is 0.408 e. The molecule has 132 valence electrons. The van der Waals surface area contributed by atoms with Gasteiger partial charge in [-0.05, 0) is 47.0 Å². The minimum atomic E-state index is -0.776. The second-order valence-corrected chi connectivity index (χ2v) is 6.86. The van der Waals surface area contributed by atoms with Crippen molar-refractivity contribution in [3.63, 3.8) is 0 Å². The molecule has 1 fully saturated rings.